The molecule has 1 N–H and O–H groups in total. The molecule has 0 aliphatic carbocycles. The van der Waals surface area contributed by atoms with Gasteiger partial charge in [-0.2, -0.15) is 0 Å². The highest BCUT2D eigenvalue weighted by atomic mass is 32.2. The second-order valence-electron chi connectivity index (χ2n) is 8.04. The molecule has 0 radical (unpaired) electrons. The van der Waals surface area contributed by atoms with Gasteiger partial charge in [-0.3, -0.25) is 0 Å². The first-order valence-corrected chi connectivity index (χ1v) is 12.0. The van der Waals surface area contributed by atoms with Crippen molar-refractivity contribution in [3.63, 3.8) is 0 Å². The molecule has 0 amide bonds. The number of nitrogens with zero attached hydrogens (tertiary/aromatic N) is 2. The number of rotatable bonds is 6. The number of thioether (sulfide) groups is 1. The van der Waals surface area contributed by atoms with Gasteiger partial charge in [0.2, 0.25) is 0 Å². The molecular formula is C28H22N2O4S. The van der Waals surface area contributed by atoms with Gasteiger partial charge in [-0.05, 0) is 55.0 Å². The van der Waals surface area contributed by atoms with Crippen LogP contribution < -0.4 is 10.4 Å². The van der Waals surface area contributed by atoms with Crippen LogP contribution in [0.2, 0.25) is 0 Å². The van der Waals surface area contributed by atoms with Crippen LogP contribution in [-0.4, -0.2) is 22.2 Å². The summed E-state index contributed by atoms with van der Waals surface area (Å²) in [6, 6.07) is 24.5. The Kier molecular flexibility index (Phi) is 6.25. The van der Waals surface area contributed by atoms with Crippen molar-refractivity contribution in [3.05, 3.63) is 100 Å². The molecule has 0 aliphatic rings. The summed E-state index contributed by atoms with van der Waals surface area (Å²) in [6.45, 7) is 1.91. The molecule has 0 bridgehead atoms. The van der Waals surface area contributed by atoms with Crippen molar-refractivity contribution in [1.29, 1.82) is 0 Å². The van der Waals surface area contributed by atoms with Gasteiger partial charge in [-0.1, -0.05) is 53.7 Å². The predicted molar refractivity (Wildman–Crippen MR) is 138 cm³/mol. The molecule has 174 valence electrons. The normalized spacial score (nSPS) is 11.0. The molecule has 2 aromatic heterocycles. The Morgan fingerprint density at radius 2 is 1.69 bits per heavy atom. The van der Waals surface area contributed by atoms with Gasteiger partial charge in [-0.25, -0.2) is 14.8 Å². The fraction of sp³-hybridized carbons (Fsp3) is 0.107. The molecule has 5 aromatic rings. The minimum absolute atomic E-state index is 0.0156. The Balaban J connectivity index is 1.65. The highest BCUT2D eigenvalue weighted by Gasteiger charge is 2.20. The van der Waals surface area contributed by atoms with E-state index in [0.717, 1.165) is 22.4 Å². The average molecular weight is 483 g/mol. The van der Waals surface area contributed by atoms with Crippen molar-refractivity contribution in [2.45, 2.75) is 17.8 Å². The minimum atomic E-state index is -0.655. The predicted octanol–water partition coefficient (Wildman–Crippen LogP) is 6.23. The van der Waals surface area contributed by atoms with Crippen LogP contribution >= 0.6 is 11.8 Å². The first-order valence-electron chi connectivity index (χ1n) is 11.0. The molecule has 0 saturated carbocycles. The largest absolute Gasteiger partial charge is 0.506 e. The van der Waals surface area contributed by atoms with E-state index in [0.29, 0.717) is 33.3 Å². The zero-order valence-electron chi connectivity index (χ0n) is 19.2. The molecule has 0 spiro atoms. The number of benzene rings is 3. The van der Waals surface area contributed by atoms with Crippen molar-refractivity contribution in [2.24, 2.45) is 0 Å². The summed E-state index contributed by atoms with van der Waals surface area (Å²) in [5.41, 5.74) is 3.50. The van der Waals surface area contributed by atoms with E-state index in [1.165, 1.54) is 11.8 Å². The van der Waals surface area contributed by atoms with Crippen LogP contribution in [0, 0.1) is 6.92 Å². The monoisotopic (exact) mass is 482 g/mol. The number of ether oxygens (including phenoxy) is 1. The molecule has 35 heavy (non-hydrogen) atoms. The number of hydrogen-bond acceptors (Lipinski definition) is 7. The first-order chi connectivity index (χ1) is 17.0. The lowest BCUT2D eigenvalue weighted by atomic mass is 10.1. The molecule has 5 rings (SSSR count). The minimum Gasteiger partial charge on any atom is -0.506 e. The molecule has 0 saturated heterocycles. The van der Waals surface area contributed by atoms with Crippen LogP contribution in [0.5, 0.6) is 11.5 Å². The Morgan fingerprint density at radius 1 is 0.943 bits per heavy atom. The Hall–Kier alpha value is -4.10. The number of hydrogen-bond donors (Lipinski definition) is 1. The lowest BCUT2D eigenvalue weighted by Crippen LogP contribution is -2.06. The van der Waals surface area contributed by atoms with Gasteiger partial charge in [0.1, 0.15) is 22.6 Å². The fourth-order valence-corrected chi connectivity index (χ4v) is 4.59. The summed E-state index contributed by atoms with van der Waals surface area (Å²) in [6.07, 6.45) is 0. The van der Waals surface area contributed by atoms with Crippen LogP contribution in [-0.2, 0) is 5.75 Å². The van der Waals surface area contributed by atoms with E-state index in [4.69, 9.17) is 14.1 Å². The smallest absolute Gasteiger partial charge is 0.349 e. The molecule has 0 fully saturated rings. The molecule has 3 aromatic carbocycles. The van der Waals surface area contributed by atoms with Crippen molar-refractivity contribution in [2.75, 3.05) is 7.11 Å². The summed E-state index contributed by atoms with van der Waals surface area (Å²) in [5.74, 6) is 1.23. The quantitative estimate of drug-likeness (QED) is 0.174. The third-order valence-electron chi connectivity index (χ3n) is 5.59. The van der Waals surface area contributed by atoms with Gasteiger partial charge in [-0.15, -0.1) is 0 Å². The highest BCUT2D eigenvalue weighted by Crippen LogP contribution is 2.35. The topological polar surface area (TPSA) is 85.5 Å². The van der Waals surface area contributed by atoms with Gasteiger partial charge in [0.15, 0.2) is 5.16 Å². The van der Waals surface area contributed by atoms with Crippen LogP contribution in [0.15, 0.2) is 93.2 Å². The molecule has 7 heteroatoms. The zero-order valence-corrected chi connectivity index (χ0v) is 20.0. The van der Waals surface area contributed by atoms with Crippen LogP contribution in [0.3, 0.4) is 0 Å². The summed E-state index contributed by atoms with van der Waals surface area (Å²) in [7, 11) is 1.61. The van der Waals surface area contributed by atoms with Gasteiger partial charge >= 0.3 is 5.63 Å². The lowest BCUT2D eigenvalue weighted by Gasteiger charge is -2.11. The fourth-order valence-electron chi connectivity index (χ4n) is 3.78. The number of methoxy groups -OCH3 is 1. The molecular weight excluding hydrogens is 460 g/mol. The molecule has 0 unspecified atom stereocenters. The van der Waals surface area contributed by atoms with E-state index >= 15 is 0 Å². The van der Waals surface area contributed by atoms with E-state index in [9.17, 15) is 9.90 Å². The van der Waals surface area contributed by atoms with E-state index in [2.05, 4.69) is 4.98 Å². The highest BCUT2D eigenvalue weighted by molar-refractivity contribution is 7.98. The second-order valence-corrected chi connectivity index (χ2v) is 8.98. The number of aromatic nitrogens is 2. The van der Waals surface area contributed by atoms with Crippen molar-refractivity contribution in [3.8, 4) is 34.0 Å². The van der Waals surface area contributed by atoms with Crippen LogP contribution in [0.4, 0.5) is 0 Å². The standard InChI is InChI=1S/C28H22N2O4S/c1-17-8-13-24-21(14-17)26(31)25(27(32)34-24)23-15-22(19-9-11-20(33-2)12-10-19)29-28(30-23)35-16-18-6-4-3-5-7-18/h3-15,31H,16H2,1-2H3. The second kappa shape index (κ2) is 9.64. The summed E-state index contributed by atoms with van der Waals surface area (Å²) in [5, 5.41) is 12.0. The Labute approximate surface area is 206 Å². The number of fused-ring (bicyclic) bond motifs is 1. The number of aromatic hydroxyl groups is 1. The van der Waals surface area contributed by atoms with Crippen LogP contribution in [0.25, 0.3) is 33.5 Å². The third-order valence-corrected chi connectivity index (χ3v) is 6.51. The number of aryl methyl sites for hydroxylation is 1. The van der Waals surface area contributed by atoms with E-state index in [1.54, 1.807) is 25.3 Å². The van der Waals surface area contributed by atoms with Crippen LogP contribution in [0.1, 0.15) is 11.1 Å². The first kappa shape index (κ1) is 22.7. The summed E-state index contributed by atoms with van der Waals surface area (Å²) in [4.78, 5) is 22.3. The van der Waals surface area contributed by atoms with Gasteiger partial charge in [0, 0.05) is 11.3 Å². The maximum absolute atomic E-state index is 13.0. The average Bonchev–Trinajstić information content (AvgIpc) is 2.88. The van der Waals surface area contributed by atoms with E-state index < -0.39 is 5.63 Å². The van der Waals surface area contributed by atoms with E-state index in [1.807, 2.05) is 67.6 Å². The van der Waals surface area contributed by atoms with Gasteiger partial charge in [0.25, 0.3) is 0 Å². The van der Waals surface area contributed by atoms with Crippen molar-refractivity contribution in [1.82, 2.24) is 9.97 Å². The third kappa shape index (κ3) is 4.76. The molecule has 0 atom stereocenters. The Bertz CT molecular complexity index is 1560. The summed E-state index contributed by atoms with van der Waals surface area (Å²) < 4.78 is 10.8. The van der Waals surface area contributed by atoms with Gasteiger partial charge < -0.3 is 14.3 Å². The molecule has 2 heterocycles. The lowest BCUT2D eigenvalue weighted by molar-refractivity contribution is 0.415. The van der Waals surface area contributed by atoms with E-state index in [-0.39, 0.29) is 11.3 Å². The molecule has 0 aliphatic heterocycles. The maximum Gasteiger partial charge on any atom is 0.349 e. The Morgan fingerprint density at radius 3 is 2.43 bits per heavy atom. The zero-order chi connectivity index (χ0) is 24.4. The summed E-state index contributed by atoms with van der Waals surface area (Å²) >= 11 is 1.46. The van der Waals surface area contributed by atoms with Crippen molar-refractivity contribution >= 4 is 22.7 Å². The SMILES string of the molecule is COc1ccc(-c2cc(-c3c(O)c4cc(C)ccc4oc3=O)nc(SCc3ccccc3)n2)cc1. The van der Waals surface area contributed by atoms with Crippen molar-refractivity contribution < 1.29 is 14.3 Å². The molecule has 6 nitrogen and oxygen atoms in total. The van der Waals surface area contributed by atoms with Gasteiger partial charge in [0.05, 0.1) is 23.9 Å². The maximum atomic E-state index is 13.0.